The number of anilines is 2. The lowest BCUT2D eigenvalue weighted by Gasteiger charge is -2.15. The van der Waals surface area contributed by atoms with Gasteiger partial charge in [0.05, 0.1) is 21.2 Å². The molecule has 0 atom stereocenters. The van der Waals surface area contributed by atoms with Crippen LogP contribution in [0.1, 0.15) is 10.4 Å². The molecule has 0 unspecified atom stereocenters. The second-order valence-electron chi connectivity index (χ2n) is 5.36. The van der Waals surface area contributed by atoms with Crippen LogP contribution in [0, 0.1) is 5.82 Å². The van der Waals surface area contributed by atoms with Crippen molar-refractivity contribution in [3.05, 3.63) is 52.8 Å². The summed E-state index contributed by atoms with van der Waals surface area (Å²) in [6.07, 6.45) is 0. The Morgan fingerprint density at radius 2 is 1.84 bits per heavy atom. The van der Waals surface area contributed by atoms with Gasteiger partial charge in [0.25, 0.3) is 5.91 Å². The molecule has 134 valence electrons. The smallest absolute Gasteiger partial charge is 0.258 e. The summed E-state index contributed by atoms with van der Waals surface area (Å²) in [5.74, 6) is -1.61. The van der Waals surface area contributed by atoms with Crippen LogP contribution in [0.25, 0.3) is 0 Å². The van der Waals surface area contributed by atoms with Crippen molar-refractivity contribution in [3.8, 4) is 0 Å². The molecule has 2 aromatic rings. The number of rotatable bonds is 5. The van der Waals surface area contributed by atoms with E-state index in [9.17, 15) is 17.6 Å². The zero-order valence-corrected chi connectivity index (χ0v) is 15.4. The molecule has 1 amide bonds. The molecule has 2 rings (SSSR count). The van der Waals surface area contributed by atoms with E-state index in [4.69, 9.17) is 11.6 Å². The van der Waals surface area contributed by atoms with E-state index >= 15 is 0 Å². The van der Waals surface area contributed by atoms with Gasteiger partial charge in [0.15, 0.2) is 0 Å². The molecule has 0 heterocycles. The van der Waals surface area contributed by atoms with E-state index in [-0.39, 0.29) is 10.5 Å². The Labute approximate surface area is 150 Å². The van der Waals surface area contributed by atoms with Crippen molar-refractivity contribution < 1.29 is 17.6 Å². The Morgan fingerprint density at radius 3 is 2.40 bits per heavy atom. The van der Waals surface area contributed by atoms with E-state index in [0.717, 1.165) is 23.9 Å². The van der Waals surface area contributed by atoms with Crippen LogP contribution < -0.4 is 14.9 Å². The van der Waals surface area contributed by atoms with Crippen LogP contribution >= 0.6 is 11.6 Å². The molecule has 0 aliphatic carbocycles. The summed E-state index contributed by atoms with van der Waals surface area (Å²) >= 11 is 6.13. The van der Waals surface area contributed by atoms with Gasteiger partial charge in [0.1, 0.15) is 5.82 Å². The molecular formula is C16H17ClFN3O3S. The molecule has 0 aliphatic rings. The SMILES string of the molecule is CNS(=O)(=O)c1ccc(F)c(C(=O)Nc2ccc(N(C)C)c(Cl)c2)c1. The lowest BCUT2D eigenvalue weighted by Crippen LogP contribution is -2.20. The summed E-state index contributed by atoms with van der Waals surface area (Å²) in [5, 5.41) is 2.92. The van der Waals surface area contributed by atoms with E-state index in [2.05, 4.69) is 10.0 Å². The summed E-state index contributed by atoms with van der Waals surface area (Å²) in [7, 11) is 1.08. The third-order valence-electron chi connectivity index (χ3n) is 3.45. The van der Waals surface area contributed by atoms with Crippen molar-refractivity contribution in [1.82, 2.24) is 4.72 Å². The average Bonchev–Trinajstić information content (AvgIpc) is 2.54. The fraction of sp³-hybridized carbons (Fsp3) is 0.188. The predicted octanol–water partition coefficient (Wildman–Crippen LogP) is 2.71. The van der Waals surface area contributed by atoms with Crippen molar-refractivity contribution >= 4 is 38.9 Å². The van der Waals surface area contributed by atoms with Crippen LogP contribution in [-0.4, -0.2) is 35.5 Å². The Bertz CT molecular complexity index is 917. The van der Waals surface area contributed by atoms with Gasteiger partial charge in [-0.1, -0.05) is 11.6 Å². The van der Waals surface area contributed by atoms with Crippen LogP contribution in [0.5, 0.6) is 0 Å². The molecule has 25 heavy (non-hydrogen) atoms. The third kappa shape index (κ3) is 4.28. The molecule has 0 aromatic heterocycles. The van der Waals surface area contributed by atoms with E-state index < -0.39 is 21.7 Å². The average molecular weight is 386 g/mol. The van der Waals surface area contributed by atoms with Crippen molar-refractivity contribution in [2.45, 2.75) is 4.90 Å². The van der Waals surface area contributed by atoms with E-state index in [1.807, 2.05) is 14.1 Å². The van der Waals surface area contributed by atoms with Gasteiger partial charge in [-0.15, -0.1) is 0 Å². The second-order valence-corrected chi connectivity index (χ2v) is 7.66. The molecule has 0 bridgehead atoms. The summed E-state index contributed by atoms with van der Waals surface area (Å²) in [6.45, 7) is 0. The highest BCUT2D eigenvalue weighted by Crippen LogP contribution is 2.28. The largest absolute Gasteiger partial charge is 0.376 e. The molecular weight excluding hydrogens is 369 g/mol. The Kier molecular flexibility index (Phi) is 5.66. The molecule has 0 spiro atoms. The van der Waals surface area contributed by atoms with E-state index in [1.165, 1.54) is 13.1 Å². The number of nitrogens with zero attached hydrogens (tertiary/aromatic N) is 1. The number of hydrogen-bond acceptors (Lipinski definition) is 4. The van der Waals surface area contributed by atoms with Crippen LogP contribution in [0.2, 0.25) is 5.02 Å². The number of hydrogen-bond donors (Lipinski definition) is 2. The lowest BCUT2D eigenvalue weighted by atomic mass is 10.2. The molecule has 9 heteroatoms. The predicted molar refractivity (Wildman–Crippen MR) is 96.4 cm³/mol. The summed E-state index contributed by atoms with van der Waals surface area (Å²) < 4.78 is 39.7. The maximum Gasteiger partial charge on any atom is 0.258 e. The molecule has 0 saturated heterocycles. The number of amides is 1. The van der Waals surface area contributed by atoms with E-state index in [0.29, 0.717) is 10.7 Å². The fourth-order valence-electron chi connectivity index (χ4n) is 2.11. The standard InChI is InChI=1S/C16H17ClFN3O3S/c1-19-25(23,24)11-5-6-14(18)12(9-11)16(22)20-10-4-7-15(21(2)3)13(17)8-10/h4-9,19H,1-3H3,(H,20,22). The molecule has 0 fully saturated rings. The first-order valence-corrected chi connectivity index (χ1v) is 9.03. The summed E-state index contributed by atoms with van der Waals surface area (Å²) in [5.41, 5.74) is 0.735. The quantitative estimate of drug-likeness (QED) is 0.829. The van der Waals surface area contributed by atoms with Gasteiger partial charge < -0.3 is 10.2 Å². The van der Waals surface area contributed by atoms with Crippen LogP contribution in [0.3, 0.4) is 0 Å². The van der Waals surface area contributed by atoms with Gasteiger partial charge in [-0.25, -0.2) is 17.5 Å². The topological polar surface area (TPSA) is 78.5 Å². The first kappa shape index (κ1) is 19.2. The number of benzene rings is 2. The zero-order chi connectivity index (χ0) is 18.8. The monoisotopic (exact) mass is 385 g/mol. The minimum Gasteiger partial charge on any atom is -0.376 e. The third-order valence-corrected chi connectivity index (χ3v) is 5.16. The minimum absolute atomic E-state index is 0.206. The van der Waals surface area contributed by atoms with Crippen LogP contribution in [0.15, 0.2) is 41.3 Å². The van der Waals surface area contributed by atoms with Gasteiger partial charge in [0, 0.05) is 19.8 Å². The normalized spacial score (nSPS) is 11.2. The van der Waals surface area contributed by atoms with Crippen molar-refractivity contribution in [1.29, 1.82) is 0 Å². The Hall–Kier alpha value is -2.16. The Balaban J connectivity index is 2.33. The summed E-state index contributed by atoms with van der Waals surface area (Å²) in [6, 6.07) is 7.84. The van der Waals surface area contributed by atoms with Crippen LogP contribution in [0.4, 0.5) is 15.8 Å². The van der Waals surface area contributed by atoms with Gasteiger partial charge >= 0.3 is 0 Å². The van der Waals surface area contributed by atoms with Gasteiger partial charge in [-0.05, 0) is 43.4 Å². The minimum atomic E-state index is -3.79. The van der Waals surface area contributed by atoms with Crippen molar-refractivity contribution in [3.63, 3.8) is 0 Å². The molecule has 0 radical (unpaired) electrons. The van der Waals surface area contributed by atoms with Crippen LogP contribution in [-0.2, 0) is 10.0 Å². The highest BCUT2D eigenvalue weighted by atomic mass is 35.5. The van der Waals surface area contributed by atoms with Gasteiger partial charge in [-0.3, -0.25) is 4.79 Å². The number of carbonyl (C=O) groups excluding carboxylic acids is 1. The second kappa shape index (κ2) is 7.38. The van der Waals surface area contributed by atoms with Gasteiger partial charge in [0.2, 0.25) is 10.0 Å². The molecule has 2 aromatic carbocycles. The number of carbonyl (C=O) groups is 1. The number of nitrogens with one attached hydrogen (secondary N) is 2. The number of sulfonamides is 1. The maximum atomic E-state index is 14.0. The van der Waals surface area contributed by atoms with Crippen molar-refractivity contribution in [2.24, 2.45) is 0 Å². The summed E-state index contributed by atoms with van der Waals surface area (Å²) in [4.78, 5) is 13.9. The molecule has 2 N–H and O–H groups in total. The molecule has 0 saturated carbocycles. The highest BCUT2D eigenvalue weighted by Gasteiger charge is 2.18. The first-order valence-electron chi connectivity index (χ1n) is 7.17. The molecule has 0 aliphatic heterocycles. The Morgan fingerprint density at radius 1 is 1.16 bits per heavy atom. The first-order chi connectivity index (χ1) is 11.7. The lowest BCUT2D eigenvalue weighted by molar-refractivity contribution is 0.102. The fourth-order valence-corrected chi connectivity index (χ4v) is 3.21. The number of halogens is 2. The zero-order valence-electron chi connectivity index (χ0n) is 13.8. The van der Waals surface area contributed by atoms with Crippen molar-refractivity contribution in [2.75, 3.05) is 31.4 Å². The molecule has 6 nitrogen and oxygen atoms in total. The van der Waals surface area contributed by atoms with Gasteiger partial charge in [-0.2, -0.15) is 0 Å². The maximum absolute atomic E-state index is 14.0. The highest BCUT2D eigenvalue weighted by molar-refractivity contribution is 7.89. The van der Waals surface area contributed by atoms with E-state index in [1.54, 1.807) is 17.0 Å².